The number of hydrogen-bond donors (Lipinski definition) is 3. The molecule has 0 aliphatic rings. The maximum absolute atomic E-state index is 11.8. The molecule has 0 saturated carbocycles. The van der Waals surface area contributed by atoms with Crippen molar-refractivity contribution >= 4 is 11.9 Å². The molecule has 2 rings (SSSR count). The third kappa shape index (κ3) is 4.39. The zero-order valence-corrected chi connectivity index (χ0v) is 13.0. The molecule has 0 aliphatic carbocycles. The van der Waals surface area contributed by atoms with Crippen molar-refractivity contribution in [2.45, 2.75) is 6.54 Å². The normalized spacial score (nSPS) is 10.0. The number of esters is 1. The number of methoxy groups -OCH3 is 1. The minimum Gasteiger partial charge on any atom is -0.508 e. The van der Waals surface area contributed by atoms with E-state index < -0.39 is 24.2 Å². The number of benzene rings is 2. The highest BCUT2D eigenvalue weighted by molar-refractivity contribution is 5.94. The Hall–Kier alpha value is -3.22. The molecular weight excluding hydrogens is 314 g/mol. The van der Waals surface area contributed by atoms with Crippen LogP contribution in [0.2, 0.25) is 0 Å². The van der Waals surface area contributed by atoms with Crippen molar-refractivity contribution in [3.05, 3.63) is 53.6 Å². The fraction of sp³-hybridized carbons (Fsp3) is 0.176. The molecule has 0 radical (unpaired) electrons. The molecule has 3 N–H and O–H groups in total. The van der Waals surface area contributed by atoms with Crippen LogP contribution in [0.15, 0.2) is 42.5 Å². The zero-order chi connectivity index (χ0) is 17.5. The third-order valence-corrected chi connectivity index (χ3v) is 3.20. The van der Waals surface area contributed by atoms with E-state index in [1.165, 1.54) is 19.2 Å². The summed E-state index contributed by atoms with van der Waals surface area (Å²) >= 11 is 0. The first-order valence-electron chi connectivity index (χ1n) is 7.09. The lowest BCUT2D eigenvalue weighted by molar-refractivity contribution is -0.124. The molecule has 7 nitrogen and oxygen atoms in total. The number of hydrogen-bond acceptors (Lipinski definition) is 6. The molecule has 0 heterocycles. The Bertz CT molecular complexity index is 744. The van der Waals surface area contributed by atoms with E-state index in [1.54, 1.807) is 12.1 Å². The van der Waals surface area contributed by atoms with E-state index >= 15 is 0 Å². The van der Waals surface area contributed by atoms with Crippen molar-refractivity contribution in [3.8, 4) is 17.2 Å². The molecular formula is C17H17NO6. The lowest BCUT2D eigenvalue weighted by Gasteiger charge is -2.10. The SMILES string of the molecule is COc1ccccc1CNC(=O)COC(=O)c1ccc(O)cc1O. The van der Waals surface area contributed by atoms with Gasteiger partial charge in [-0.25, -0.2) is 4.79 Å². The van der Waals surface area contributed by atoms with Crippen LogP contribution in [0.4, 0.5) is 0 Å². The van der Waals surface area contributed by atoms with Crippen molar-refractivity contribution in [2.24, 2.45) is 0 Å². The van der Waals surface area contributed by atoms with Crippen molar-refractivity contribution in [2.75, 3.05) is 13.7 Å². The Morgan fingerprint density at radius 2 is 1.88 bits per heavy atom. The van der Waals surface area contributed by atoms with Gasteiger partial charge in [-0.05, 0) is 18.2 Å². The van der Waals surface area contributed by atoms with Gasteiger partial charge in [0.25, 0.3) is 5.91 Å². The topological polar surface area (TPSA) is 105 Å². The molecule has 126 valence electrons. The molecule has 2 aromatic rings. The van der Waals surface area contributed by atoms with Gasteiger partial charge in [-0.1, -0.05) is 18.2 Å². The maximum atomic E-state index is 11.8. The maximum Gasteiger partial charge on any atom is 0.342 e. The van der Waals surface area contributed by atoms with Gasteiger partial charge in [0, 0.05) is 18.2 Å². The van der Waals surface area contributed by atoms with Crippen LogP contribution in [0.5, 0.6) is 17.2 Å². The monoisotopic (exact) mass is 331 g/mol. The number of aromatic hydroxyl groups is 2. The van der Waals surface area contributed by atoms with Crippen molar-refractivity contribution < 1.29 is 29.3 Å². The number of amides is 1. The number of ether oxygens (including phenoxy) is 2. The second-order valence-corrected chi connectivity index (χ2v) is 4.87. The summed E-state index contributed by atoms with van der Waals surface area (Å²) in [5.74, 6) is -1.32. The predicted molar refractivity (Wildman–Crippen MR) is 84.9 cm³/mol. The average molecular weight is 331 g/mol. The molecule has 0 bridgehead atoms. The Morgan fingerprint density at radius 3 is 2.58 bits per heavy atom. The molecule has 0 aliphatic heterocycles. The summed E-state index contributed by atoms with van der Waals surface area (Å²) in [6, 6.07) is 10.7. The molecule has 0 unspecified atom stereocenters. The number of carbonyl (C=O) groups excluding carboxylic acids is 2. The summed E-state index contributed by atoms with van der Waals surface area (Å²) in [6.45, 7) is -0.265. The Labute approximate surface area is 138 Å². The average Bonchev–Trinajstić information content (AvgIpc) is 2.58. The summed E-state index contributed by atoms with van der Waals surface area (Å²) in [7, 11) is 1.53. The molecule has 7 heteroatoms. The fourth-order valence-corrected chi connectivity index (χ4v) is 2.00. The van der Waals surface area contributed by atoms with Crippen molar-refractivity contribution in [3.63, 3.8) is 0 Å². The lowest BCUT2D eigenvalue weighted by atomic mass is 10.2. The van der Waals surface area contributed by atoms with E-state index in [9.17, 15) is 19.8 Å². The van der Waals surface area contributed by atoms with Gasteiger partial charge in [-0.3, -0.25) is 4.79 Å². The fourth-order valence-electron chi connectivity index (χ4n) is 2.00. The van der Waals surface area contributed by atoms with E-state index in [0.29, 0.717) is 5.75 Å². The van der Waals surface area contributed by atoms with Crippen LogP contribution in [0.25, 0.3) is 0 Å². The minimum atomic E-state index is -0.861. The van der Waals surface area contributed by atoms with E-state index in [0.717, 1.165) is 11.6 Å². The smallest absolute Gasteiger partial charge is 0.342 e. The Balaban J connectivity index is 1.85. The highest BCUT2D eigenvalue weighted by atomic mass is 16.5. The van der Waals surface area contributed by atoms with E-state index in [4.69, 9.17) is 9.47 Å². The van der Waals surface area contributed by atoms with Gasteiger partial charge >= 0.3 is 5.97 Å². The lowest BCUT2D eigenvalue weighted by Crippen LogP contribution is -2.28. The van der Waals surface area contributed by atoms with Crippen LogP contribution < -0.4 is 10.1 Å². The zero-order valence-electron chi connectivity index (χ0n) is 13.0. The number of nitrogens with one attached hydrogen (secondary N) is 1. The second kappa shape index (κ2) is 7.87. The Kier molecular flexibility index (Phi) is 5.62. The van der Waals surface area contributed by atoms with Gasteiger partial charge in [0.2, 0.25) is 0 Å². The van der Waals surface area contributed by atoms with Crippen molar-refractivity contribution in [1.29, 1.82) is 0 Å². The molecule has 0 spiro atoms. The Morgan fingerprint density at radius 1 is 1.12 bits per heavy atom. The summed E-state index contributed by atoms with van der Waals surface area (Å²) in [5, 5.41) is 21.3. The summed E-state index contributed by atoms with van der Waals surface area (Å²) in [4.78, 5) is 23.6. The highest BCUT2D eigenvalue weighted by Crippen LogP contribution is 2.23. The molecule has 24 heavy (non-hydrogen) atoms. The quantitative estimate of drug-likeness (QED) is 0.694. The van der Waals surface area contributed by atoms with Gasteiger partial charge < -0.3 is 25.0 Å². The first kappa shape index (κ1) is 17.1. The molecule has 0 aromatic heterocycles. The number of phenols is 2. The highest BCUT2D eigenvalue weighted by Gasteiger charge is 2.15. The third-order valence-electron chi connectivity index (χ3n) is 3.20. The molecule has 0 saturated heterocycles. The largest absolute Gasteiger partial charge is 0.508 e. The first-order chi connectivity index (χ1) is 11.5. The molecule has 2 aromatic carbocycles. The van der Waals surface area contributed by atoms with Crippen LogP contribution in [-0.4, -0.2) is 35.8 Å². The van der Waals surface area contributed by atoms with Crippen LogP contribution in [0.3, 0.4) is 0 Å². The van der Waals surface area contributed by atoms with Gasteiger partial charge in [-0.15, -0.1) is 0 Å². The minimum absolute atomic E-state index is 0.134. The van der Waals surface area contributed by atoms with Crippen LogP contribution in [-0.2, 0) is 16.1 Å². The standard InChI is InChI=1S/C17H17NO6/c1-23-15-5-3-2-4-11(15)9-18-16(21)10-24-17(22)13-7-6-12(19)8-14(13)20/h2-8,19-20H,9-10H2,1H3,(H,18,21). The van der Waals surface area contributed by atoms with Gasteiger partial charge in [-0.2, -0.15) is 0 Å². The first-order valence-corrected chi connectivity index (χ1v) is 7.09. The van der Waals surface area contributed by atoms with Gasteiger partial charge in [0.1, 0.15) is 22.8 Å². The van der Waals surface area contributed by atoms with E-state index in [-0.39, 0.29) is 17.9 Å². The number of para-hydroxylation sites is 1. The number of rotatable bonds is 6. The molecule has 1 amide bonds. The summed E-state index contributed by atoms with van der Waals surface area (Å²) in [5.41, 5.74) is 0.654. The van der Waals surface area contributed by atoms with E-state index in [1.807, 2.05) is 12.1 Å². The molecule has 0 fully saturated rings. The second-order valence-electron chi connectivity index (χ2n) is 4.87. The van der Waals surface area contributed by atoms with Gasteiger partial charge in [0.15, 0.2) is 6.61 Å². The number of carbonyl (C=O) groups is 2. The van der Waals surface area contributed by atoms with Crippen LogP contribution >= 0.6 is 0 Å². The van der Waals surface area contributed by atoms with Crippen LogP contribution in [0, 0.1) is 0 Å². The van der Waals surface area contributed by atoms with Crippen molar-refractivity contribution in [1.82, 2.24) is 5.32 Å². The number of phenolic OH excluding ortho intramolecular Hbond substituents is 2. The summed E-state index contributed by atoms with van der Waals surface area (Å²) in [6.07, 6.45) is 0. The van der Waals surface area contributed by atoms with Crippen LogP contribution in [0.1, 0.15) is 15.9 Å². The predicted octanol–water partition coefficient (Wildman–Crippen LogP) is 1.58. The summed E-state index contributed by atoms with van der Waals surface area (Å²) < 4.78 is 10.0. The molecule has 0 atom stereocenters. The van der Waals surface area contributed by atoms with Gasteiger partial charge in [0.05, 0.1) is 7.11 Å². The van der Waals surface area contributed by atoms with E-state index in [2.05, 4.69) is 5.32 Å².